The normalized spacial score (nSPS) is 17.1. The average Bonchev–Trinajstić information content (AvgIpc) is 3.72. The van der Waals surface area contributed by atoms with Gasteiger partial charge in [0.05, 0.1) is 6.54 Å². The molecule has 1 aliphatic heterocycles. The van der Waals surface area contributed by atoms with Crippen LogP contribution in [0.5, 0.6) is 0 Å². The minimum Gasteiger partial charge on any atom is -0.349 e. The number of hydrogen-bond acceptors (Lipinski definition) is 4. The molecule has 2 aromatic rings. The Hall–Kier alpha value is -3.19. The fourth-order valence-corrected chi connectivity index (χ4v) is 4.44. The summed E-state index contributed by atoms with van der Waals surface area (Å²) in [5, 5.41) is 6.04. The Balaban J connectivity index is 1.18. The molecule has 0 unspecified atom stereocenters. The van der Waals surface area contributed by atoms with Crippen LogP contribution in [0.15, 0.2) is 42.5 Å². The second kappa shape index (κ2) is 8.98. The van der Waals surface area contributed by atoms with E-state index in [0.29, 0.717) is 37.3 Å². The molecule has 0 aromatic heterocycles. The van der Waals surface area contributed by atoms with Crippen molar-refractivity contribution in [3.05, 3.63) is 59.2 Å². The molecule has 0 saturated heterocycles. The number of nitrogens with zero attached hydrogens (tertiary/aromatic N) is 2. The van der Waals surface area contributed by atoms with Crippen molar-refractivity contribution in [2.24, 2.45) is 0 Å². The second-order valence-corrected chi connectivity index (χ2v) is 9.39. The maximum Gasteiger partial charge on any atom is 0.251 e. The van der Waals surface area contributed by atoms with Crippen LogP contribution in [-0.2, 0) is 22.6 Å². The van der Waals surface area contributed by atoms with Crippen LogP contribution in [0.1, 0.15) is 54.1 Å². The van der Waals surface area contributed by atoms with Gasteiger partial charge < -0.3 is 15.5 Å². The zero-order valence-corrected chi connectivity index (χ0v) is 19.0. The summed E-state index contributed by atoms with van der Waals surface area (Å²) in [5.74, 6) is -0.00543. The molecule has 2 N–H and O–H groups in total. The lowest BCUT2D eigenvalue weighted by molar-refractivity contribution is -0.118. The van der Waals surface area contributed by atoms with Crippen molar-refractivity contribution in [2.45, 2.75) is 57.7 Å². The first kappa shape index (κ1) is 21.6. The molecule has 7 heteroatoms. The zero-order chi connectivity index (χ0) is 22.9. The van der Waals surface area contributed by atoms with Crippen molar-refractivity contribution in [3.63, 3.8) is 0 Å². The molecular weight excluding hydrogens is 416 g/mol. The molecule has 0 atom stereocenters. The smallest absolute Gasteiger partial charge is 0.251 e. The first-order chi connectivity index (χ1) is 16.0. The Morgan fingerprint density at radius 3 is 2.45 bits per heavy atom. The number of hydrogen-bond donors (Lipinski definition) is 2. The lowest BCUT2D eigenvalue weighted by Gasteiger charge is -2.22. The fraction of sp³-hybridized carbons (Fsp3) is 0.423. The van der Waals surface area contributed by atoms with E-state index < -0.39 is 0 Å². The summed E-state index contributed by atoms with van der Waals surface area (Å²) in [6.45, 7) is 3.28. The van der Waals surface area contributed by atoms with Crippen molar-refractivity contribution >= 4 is 29.1 Å². The number of benzene rings is 2. The zero-order valence-electron chi connectivity index (χ0n) is 19.0. The van der Waals surface area contributed by atoms with Gasteiger partial charge in [0.15, 0.2) is 0 Å². The number of nitrogens with one attached hydrogen (secondary N) is 2. The summed E-state index contributed by atoms with van der Waals surface area (Å²) in [5.41, 5.74) is 4.58. The summed E-state index contributed by atoms with van der Waals surface area (Å²) in [6.07, 6.45) is 5.17. The largest absolute Gasteiger partial charge is 0.349 e. The van der Waals surface area contributed by atoms with Crippen LogP contribution in [0, 0.1) is 0 Å². The third-order valence-corrected chi connectivity index (χ3v) is 6.56. The van der Waals surface area contributed by atoms with Gasteiger partial charge in [-0.2, -0.15) is 0 Å². The molecular formula is C26H30N4O3. The number of carbonyl (C=O) groups excluding carboxylic acids is 3. The molecule has 2 aliphatic carbocycles. The second-order valence-electron chi connectivity index (χ2n) is 9.39. The first-order valence-electron chi connectivity index (χ1n) is 11.8. The van der Waals surface area contributed by atoms with E-state index in [1.54, 1.807) is 11.8 Å². The van der Waals surface area contributed by atoms with E-state index in [1.165, 1.54) is 0 Å². The quantitative estimate of drug-likeness (QED) is 0.653. The molecule has 5 rings (SSSR count). The highest BCUT2D eigenvalue weighted by Crippen LogP contribution is 2.31. The summed E-state index contributed by atoms with van der Waals surface area (Å²) in [6, 6.07) is 14.2. The Morgan fingerprint density at radius 1 is 1.03 bits per heavy atom. The SMILES string of the molecule is CC(=O)N1CCc2cc(NC(=O)CN(Cc3ccc(C(=O)NC4CC4)cc3)C3CC3)ccc21. The molecule has 3 aliphatic rings. The minimum absolute atomic E-state index is 0.0109. The molecule has 7 nitrogen and oxygen atoms in total. The predicted octanol–water partition coefficient (Wildman–Crippen LogP) is 3.09. The van der Waals surface area contributed by atoms with Gasteiger partial charge in [0.1, 0.15) is 0 Å². The standard InChI is InChI=1S/C26H30N4O3/c1-17(31)30-13-12-20-14-22(8-11-24(20)30)27-25(32)16-29(23-9-10-23)15-18-2-4-19(5-3-18)26(33)28-21-6-7-21/h2-5,8,11,14,21,23H,6-7,9-10,12-13,15-16H2,1H3,(H,27,32)(H,28,33). The van der Waals surface area contributed by atoms with E-state index in [9.17, 15) is 14.4 Å². The summed E-state index contributed by atoms with van der Waals surface area (Å²) in [7, 11) is 0. The van der Waals surface area contributed by atoms with Gasteiger partial charge in [0.25, 0.3) is 5.91 Å². The monoisotopic (exact) mass is 446 g/mol. The lowest BCUT2D eigenvalue weighted by Crippen LogP contribution is -2.34. The maximum atomic E-state index is 12.8. The van der Waals surface area contributed by atoms with Crippen molar-refractivity contribution in [1.29, 1.82) is 0 Å². The average molecular weight is 447 g/mol. The first-order valence-corrected chi connectivity index (χ1v) is 11.8. The van der Waals surface area contributed by atoms with Crippen molar-refractivity contribution in [3.8, 4) is 0 Å². The molecule has 2 aromatic carbocycles. The summed E-state index contributed by atoms with van der Waals surface area (Å²) in [4.78, 5) is 40.7. The van der Waals surface area contributed by atoms with Gasteiger partial charge in [-0.05, 0) is 73.6 Å². The molecule has 0 spiro atoms. The molecule has 1 heterocycles. The Kier molecular flexibility index (Phi) is 5.89. The van der Waals surface area contributed by atoms with Gasteiger partial charge in [-0.15, -0.1) is 0 Å². The van der Waals surface area contributed by atoms with Gasteiger partial charge >= 0.3 is 0 Å². The van der Waals surface area contributed by atoms with Gasteiger partial charge in [-0.25, -0.2) is 0 Å². The van der Waals surface area contributed by atoms with E-state index in [0.717, 1.165) is 54.6 Å². The predicted molar refractivity (Wildman–Crippen MR) is 127 cm³/mol. The van der Waals surface area contributed by atoms with E-state index in [1.807, 2.05) is 42.5 Å². The van der Waals surface area contributed by atoms with Crippen LogP contribution < -0.4 is 15.5 Å². The van der Waals surface area contributed by atoms with Crippen LogP contribution in [0.25, 0.3) is 0 Å². The Labute approximate surface area is 194 Å². The molecule has 0 bridgehead atoms. The minimum atomic E-state index is -0.0382. The Morgan fingerprint density at radius 2 is 1.79 bits per heavy atom. The van der Waals surface area contributed by atoms with Gasteiger partial charge in [-0.3, -0.25) is 19.3 Å². The number of anilines is 2. The third-order valence-electron chi connectivity index (χ3n) is 6.56. The molecule has 33 heavy (non-hydrogen) atoms. The van der Waals surface area contributed by atoms with E-state index in [4.69, 9.17) is 0 Å². The van der Waals surface area contributed by atoms with Crippen LogP contribution in [0.3, 0.4) is 0 Å². The van der Waals surface area contributed by atoms with Crippen LogP contribution in [-0.4, -0.2) is 47.8 Å². The van der Waals surface area contributed by atoms with E-state index in [2.05, 4.69) is 15.5 Å². The van der Waals surface area contributed by atoms with Crippen molar-refractivity contribution in [1.82, 2.24) is 10.2 Å². The van der Waals surface area contributed by atoms with Crippen molar-refractivity contribution in [2.75, 3.05) is 23.3 Å². The number of amides is 3. The summed E-state index contributed by atoms with van der Waals surface area (Å²) < 4.78 is 0. The topological polar surface area (TPSA) is 81.8 Å². The maximum absolute atomic E-state index is 12.8. The van der Waals surface area contributed by atoms with E-state index >= 15 is 0 Å². The third kappa shape index (κ3) is 5.25. The van der Waals surface area contributed by atoms with Gasteiger partial charge in [0.2, 0.25) is 11.8 Å². The van der Waals surface area contributed by atoms with Crippen molar-refractivity contribution < 1.29 is 14.4 Å². The fourth-order valence-electron chi connectivity index (χ4n) is 4.44. The summed E-state index contributed by atoms with van der Waals surface area (Å²) >= 11 is 0. The highest BCUT2D eigenvalue weighted by atomic mass is 16.2. The van der Waals surface area contributed by atoms with Gasteiger partial charge in [0, 0.05) is 49.0 Å². The number of carbonyl (C=O) groups is 3. The Bertz CT molecular complexity index is 1070. The highest BCUT2D eigenvalue weighted by molar-refractivity contribution is 5.96. The van der Waals surface area contributed by atoms with E-state index in [-0.39, 0.29) is 17.7 Å². The number of fused-ring (bicyclic) bond motifs is 1. The molecule has 172 valence electrons. The van der Waals surface area contributed by atoms with Crippen LogP contribution >= 0.6 is 0 Å². The molecule has 0 radical (unpaired) electrons. The van der Waals surface area contributed by atoms with Crippen LogP contribution in [0.2, 0.25) is 0 Å². The highest BCUT2D eigenvalue weighted by Gasteiger charge is 2.30. The molecule has 3 amide bonds. The van der Waals surface area contributed by atoms with Gasteiger partial charge in [-0.1, -0.05) is 12.1 Å². The number of rotatable bonds is 8. The molecule has 2 fully saturated rings. The lowest BCUT2D eigenvalue weighted by atomic mass is 10.1. The van der Waals surface area contributed by atoms with Crippen LogP contribution in [0.4, 0.5) is 11.4 Å². The molecule has 2 saturated carbocycles.